The van der Waals surface area contributed by atoms with Crippen LogP contribution in [0.25, 0.3) is 0 Å². The van der Waals surface area contributed by atoms with Gasteiger partial charge in [0.2, 0.25) is 10.0 Å². The zero-order valence-corrected chi connectivity index (χ0v) is 16.3. The van der Waals surface area contributed by atoms with E-state index in [0.717, 1.165) is 5.56 Å². The molecule has 148 valence electrons. The number of nitrogens with zero attached hydrogens (tertiary/aromatic N) is 1. The second-order valence-electron chi connectivity index (χ2n) is 6.51. The number of pyridine rings is 1. The van der Waals surface area contributed by atoms with E-state index in [-0.39, 0.29) is 4.90 Å². The van der Waals surface area contributed by atoms with E-state index in [1.165, 1.54) is 12.3 Å². The predicted molar refractivity (Wildman–Crippen MR) is 98.3 cm³/mol. The highest BCUT2D eigenvalue weighted by molar-refractivity contribution is 7.89. The molecule has 2 rings (SSSR count). The molecular weight excluding hydrogens is 379 g/mol. The molecule has 0 spiro atoms. The molecule has 0 bridgehead atoms. The number of benzene rings is 1. The normalized spacial score (nSPS) is 13.4. The van der Waals surface area contributed by atoms with Gasteiger partial charge in [-0.25, -0.2) is 8.42 Å². The van der Waals surface area contributed by atoms with Crippen LogP contribution >= 0.6 is 0 Å². The van der Waals surface area contributed by atoms with E-state index < -0.39 is 28.8 Å². The smallest absolute Gasteiger partial charge is 0.383 e. The van der Waals surface area contributed by atoms with Gasteiger partial charge >= 0.3 is 6.18 Å². The Kier molecular flexibility index (Phi) is 6.16. The number of aryl methyl sites for hydroxylation is 4. The molecule has 27 heavy (non-hydrogen) atoms. The van der Waals surface area contributed by atoms with Gasteiger partial charge in [-0.15, -0.1) is 0 Å². The fraction of sp³-hybridized carbons (Fsp3) is 0.389. The number of hydrogen-bond donors (Lipinski definition) is 2. The van der Waals surface area contributed by atoms with Crippen LogP contribution in [0.5, 0.6) is 0 Å². The lowest BCUT2D eigenvalue weighted by atomic mass is 10.1. The maximum Gasteiger partial charge on any atom is 0.406 e. The zero-order valence-electron chi connectivity index (χ0n) is 15.5. The van der Waals surface area contributed by atoms with Gasteiger partial charge < -0.3 is 5.32 Å². The second kappa shape index (κ2) is 7.85. The van der Waals surface area contributed by atoms with Crippen molar-refractivity contribution in [2.75, 3.05) is 11.9 Å². The number of anilines is 1. The summed E-state index contributed by atoms with van der Waals surface area (Å²) >= 11 is 0. The van der Waals surface area contributed by atoms with Crippen molar-refractivity contribution in [1.29, 1.82) is 0 Å². The quantitative estimate of drug-likeness (QED) is 0.775. The molecule has 0 saturated heterocycles. The van der Waals surface area contributed by atoms with E-state index in [1.54, 1.807) is 50.6 Å². The van der Waals surface area contributed by atoms with Crippen molar-refractivity contribution in [3.05, 3.63) is 52.8 Å². The summed E-state index contributed by atoms with van der Waals surface area (Å²) in [5, 5.41) is 2.62. The van der Waals surface area contributed by atoms with Gasteiger partial charge in [-0.1, -0.05) is 17.7 Å². The molecule has 0 aliphatic carbocycles. The first kappa shape index (κ1) is 21.2. The van der Waals surface area contributed by atoms with Crippen LogP contribution in [-0.4, -0.2) is 32.2 Å². The predicted octanol–water partition coefficient (Wildman–Crippen LogP) is 3.64. The first-order valence-electron chi connectivity index (χ1n) is 8.23. The zero-order chi connectivity index (χ0) is 20.4. The van der Waals surface area contributed by atoms with Crippen molar-refractivity contribution >= 4 is 15.7 Å². The molecule has 0 radical (unpaired) electrons. The molecule has 0 aliphatic heterocycles. The van der Waals surface area contributed by atoms with Gasteiger partial charge in [0.15, 0.2) is 0 Å². The molecule has 1 heterocycles. The average Bonchev–Trinajstić information content (AvgIpc) is 2.49. The topological polar surface area (TPSA) is 71.1 Å². The summed E-state index contributed by atoms with van der Waals surface area (Å²) in [6, 6.07) is 4.07. The van der Waals surface area contributed by atoms with E-state index >= 15 is 0 Å². The van der Waals surface area contributed by atoms with E-state index in [1.807, 2.05) is 0 Å². The van der Waals surface area contributed by atoms with Gasteiger partial charge in [-0.2, -0.15) is 17.9 Å². The second-order valence-corrected chi connectivity index (χ2v) is 8.16. The van der Waals surface area contributed by atoms with Gasteiger partial charge in [0, 0.05) is 24.1 Å². The van der Waals surface area contributed by atoms with Crippen LogP contribution in [0.2, 0.25) is 0 Å². The summed E-state index contributed by atoms with van der Waals surface area (Å²) in [5.41, 5.74) is 2.71. The maximum atomic E-state index is 13.4. The fourth-order valence-electron chi connectivity index (χ4n) is 2.94. The monoisotopic (exact) mass is 401 g/mol. The Balaban J connectivity index is 2.28. The molecular formula is C18H22F3N3O2S. The highest BCUT2D eigenvalue weighted by atomic mass is 32.2. The largest absolute Gasteiger partial charge is 0.406 e. The molecule has 0 fully saturated rings. The Morgan fingerprint density at radius 2 is 1.67 bits per heavy atom. The van der Waals surface area contributed by atoms with Crippen LogP contribution in [0.1, 0.15) is 22.4 Å². The third kappa shape index (κ3) is 5.43. The van der Waals surface area contributed by atoms with Crippen LogP contribution in [0.3, 0.4) is 0 Å². The average molecular weight is 401 g/mol. The van der Waals surface area contributed by atoms with Crippen molar-refractivity contribution in [2.45, 2.75) is 44.8 Å². The Morgan fingerprint density at radius 3 is 2.19 bits per heavy atom. The van der Waals surface area contributed by atoms with Crippen molar-refractivity contribution in [3.8, 4) is 0 Å². The Morgan fingerprint density at radius 1 is 1.07 bits per heavy atom. The van der Waals surface area contributed by atoms with Crippen molar-refractivity contribution < 1.29 is 21.6 Å². The summed E-state index contributed by atoms with van der Waals surface area (Å²) in [4.78, 5) is 3.84. The van der Waals surface area contributed by atoms with Crippen LogP contribution in [-0.2, 0) is 10.0 Å². The van der Waals surface area contributed by atoms with Gasteiger partial charge in [-0.05, 0) is 51.0 Å². The third-order valence-corrected chi connectivity index (χ3v) is 5.75. The van der Waals surface area contributed by atoms with Crippen molar-refractivity contribution in [3.63, 3.8) is 0 Å². The van der Waals surface area contributed by atoms with Crippen LogP contribution in [0.15, 0.2) is 35.4 Å². The summed E-state index contributed by atoms with van der Waals surface area (Å²) in [7, 11) is -4.36. The number of rotatable bonds is 6. The Labute approximate surface area is 157 Å². The molecule has 9 heteroatoms. The lowest BCUT2D eigenvalue weighted by molar-refractivity contribution is -0.148. The molecule has 1 unspecified atom stereocenters. The standard InChI is InChI=1S/C18H22F3N3O2S/c1-11-7-12(2)17(13(3)8-11)27(25,26)24-16(18(19,20)21)10-23-15-5-6-22-14(4)9-15/h5-9,16,24H,10H2,1-4H3,(H,22,23). The molecule has 1 atom stereocenters. The van der Waals surface area contributed by atoms with Gasteiger partial charge in [0.25, 0.3) is 0 Å². The summed E-state index contributed by atoms with van der Waals surface area (Å²) in [6.45, 7) is 5.99. The third-order valence-electron chi connectivity index (χ3n) is 3.97. The number of alkyl halides is 3. The van der Waals surface area contributed by atoms with Gasteiger partial charge in [0.1, 0.15) is 6.04 Å². The number of halogens is 3. The minimum absolute atomic E-state index is 0.123. The van der Waals surface area contributed by atoms with Crippen molar-refractivity contribution in [1.82, 2.24) is 9.71 Å². The van der Waals surface area contributed by atoms with Gasteiger partial charge in [-0.3, -0.25) is 4.98 Å². The number of nitrogens with one attached hydrogen (secondary N) is 2. The molecule has 2 N–H and O–H groups in total. The summed E-state index contributed by atoms with van der Waals surface area (Å²) < 4.78 is 67.4. The maximum absolute atomic E-state index is 13.4. The van der Waals surface area contributed by atoms with E-state index in [9.17, 15) is 21.6 Å². The fourth-order valence-corrected chi connectivity index (χ4v) is 4.61. The molecule has 1 aromatic heterocycles. The Hall–Kier alpha value is -2.13. The minimum atomic E-state index is -4.76. The van der Waals surface area contributed by atoms with E-state index in [4.69, 9.17) is 0 Å². The van der Waals surface area contributed by atoms with Crippen LogP contribution in [0, 0.1) is 27.7 Å². The lowest BCUT2D eigenvalue weighted by Crippen LogP contribution is -2.49. The molecule has 2 aromatic rings. The molecule has 1 aromatic carbocycles. The molecule has 0 amide bonds. The first-order valence-corrected chi connectivity index (χ1v) is 9.72. The van der Waals surface area contributed by atoms with Crippen LogP contribution < -0.4 is 10.0 Å². The molecule has 0 aliphatic rings. The highest BCUT2D eigenvalue weighted by Crippen LogP contribution is 2.26. The molecule has 0 saturated carbocycles. The Bertz CT molecular complexity index is 905. The molecule has 5 nitrogen and oxygen atoms in total. The lowest BCUT2D eigenvalue weighted by Gasteiger charge is -2.23. The highest BCUT2D eigenvalue weighted by Gasteiger charge is 2.42. The summed E-state index contributed by atoms with van der Waals surface area (Å²) in [6.07, 6.45) is -3.29. The van der Waals surface area contributed by atoms with Crippen LogP contribution in [0.4, 0.5) is 18.9 Å². The number of aromatic nitrogens is 1. The number of hydrogen-bond acceptors (Lipinski definition) is 4. The summed E-state index contributed by atoms with van der Waals surface area (Å²) in [5.74, 6) is 0. The number of sulfonamides is 1. The van der Waals surface area contributed by atoms with E-state index in [0.29, 0.717) is 22.5 Å². The SMILES string of the molecule is Cc1cc(C)c(S(=O)(=O)NC(CNc2ccnc(C)c2)C(F)(F)F)c(C)c1. The minimum Gasteiger partial charge on any atom is -0.383 e. The van der Waals surface area contributed by atoms with Crippen molar-refractivity contribution in [2.24, 2.45) is 0 Å². The first-order chi connectivity index (χ1) is 12.4. The van der Waals surface area contributed by atoms with E-state index in [2.05, 4.69) is 10.3 Å². The van der Waals surface area contributed by atoms with Gasteiger partial charge in [0.05, 0.1) is 4.90 Å².